The predicted molar refractivity (Wildman–Crippen MR) is 100 cm³/mol. The molecule has 0 bridgehead atoms. The van der Waals surface area contributed by atoms with E-state index in [0.29, 0.717) is 41.8 Å². The van der Waals surface area contributed by atoms with Gasteiger partial charge in [-0.05, 0) is 19.1 Å². The number of hydrogen-bond acceptors (Lipinski definition) is 8. The Kier molecular flexibility index (Phi) is 4.58. The zero-order valence-corrected chi connectivity index (χ0v) is 16.1. The van der Waals surface area contributed by atoms with Crippen molar-refractivity contribution in [3.63, 3.8) is 0 Å². The van der Waals surface area contributed by atoms with E-state index in [0.717, 1.165) is 16.1 Å². The van der Waals surface area contributed by atoms with Gasteiger partial charge >= 0.3 is 0 Å². The van der Waals surface area contributed by atoms with Crippen molar-refractivity contribution in [1.29, 1.82) is 0 Å². The van der Waals surface area contributed by atoms with Gasteiger partial charge in [-0.2, -0.15) is 9.61 Å². The Balaban J connectivity index is 1.67. The summed E-state index contributed by atoms with van der Waals surface area (Å²) >= 11 is 1.38. The molecule has 8 nitrogen and oxygen atoms in total. The van der Waals surface area contributed by atoms with E-state index in [9.17, 15) is 9.90 Å². The molecular formula is C18H20N4O4S. The van der Waals surface area contributed by atoms with E-state index < -0.39 is 6.10 Å². The Morgan fingerprint density at radius 2 is 2.04 bits per heavy atom. The second kappa shape index (κ2) is 6.91. The van der Waals surface area contributed by atoms with E-state index in [4.69, 9.17) is 9.47 Å². The van der Waals surface area contributed by atoms with Crippen LogP contribution in [0.4, 0.5) is 0 Å². The molecule has 0 amide bonds. The quantitative estimate of drug-likeness (QED) is 0.725. The van der Waals surface area contributed by atoms with E-state index in [-0.39, 0.29) is 5.56 Å². The smallest absolute Gasteiger partial charge is 0.275 e. The molecule has 0 saturated carbocycles. The summed E-state index contributed by atoms with van der Waals surface area (Å²) in [7, 11) is 3.20. The number of aliphatic hydroxyl groups excluding tert-OH is 1. The van der Waals surface area contributed by atoms with Crippen LogP contribution in [0.5, 0.6) is 11.5 Å². The Morgan fingerprint density at radius 1 is 1.30 bits per heavy atom. The van der Waals surface area contributed by atoms with Gasteiger partial charge in [0, 0.05) is 36.8 Å². The zero-order valence-electron chi connectivity index (χ0n) is 15.3. The maximum atomic E-state index is 12.3. The van der Waals surface area contributed by atoms with Crippen LogP contribution in [0.2, 0.25) is 0 Å². The number of nitrogens with zero attached hydrogens (tertiary/aromatic N) is 4. The minimum atomic E-state index is -0.714. The van der Waals surface area contributed by atoms with Crippen molar-refractivity contribution < 1.29 is 14.6 Å². The summed E-state index contributed by atoms with van der Waals surface area (Å²) in [6.45, 7) is 3.27. The van der Waals surface area contributed by atoms with Gasteiger partial charge in [0.25, 0.3) is 5.56 Å². The third kappa shape index (κ3) is 3.18. The first-order valence-corrected chi connectivity index (χ1v) is 9.32. The normalized spacial score (nSPS) is 17.1. The first-order chi connectivity index (χ1) is 13.0. The van der Waals surface area contributed by atoms with Gasteiger partial charge in [0.15, 0.2) is 0 Å². The van der Waals surface area contributed by atoms with Crippen LogP contribution in [0.3, 0.4) is 0 Å². The van der Waals surface area contributed by atoms with Crippen LogP contribution in [-0.2, 0) is 13.1 Å². The summed E-state index contributed by atoms with van der Waals surface area (Å²) in [6.07, 6.45) is -0.714. The van der Waals surface area contributed by atoms with Crippen molar-refractivity contribution >= 4 is 16.3 Å². The van der Waals surface area contributed by atoms with Crippen molar-refractivity contribution in [3.05, 3.63) is 50.4 Å². The first-order valence-electron chi connectivity index (χ1n) is 8.50. The molecule has 27 heavy (non-hydrogen) atoms. The van der Waals surface area contributed by atoms with Crippen LogP contribution in [0.25, 0.3) is 4.96 Å². The van der Waals surface area contributed by atoms with Gasteiger partial charge in [-0.3, -0.25) is 9.69 Å². The van der Waals surface area contributed by atoms with E-state index in [1.165, 1.54) is 21.9 Å². The average molecular weight is 388 g/mol. The molecule has 9 heteroatoms. The van der Waals surface area contributed by atoms with Gasteiger partial charge in [-0.25, -0.2) is 4.98 Å². The van der Waals surface area contributed by atoms with Gasteiger partial charge in [0.1, 0.15) is 16.5 Å². The Hall–Kier alpha value is -2.49. The number of ether oxygens (including phenoxy) is 2. The van der Waals surface area contributed by atoms with Crippen LogP contribution in [0, 0.1) is 6.92 Å². The fourth-order valence-electron chi connectivity index (χ4n) is 3.53. The van der Waals surface area contributed by atoms with Gasteiger partial charge < -0.3 is 14.6 Å². The number of aryl methyl sites for hydroxylation is 1. The summed E-state index contributed by atoms with van der Waals surface area (Å²) in [5.74, 6) is 1.35. The van der Waals surface area contributed by atoms with Crippen molar-refractivity contribution in [2.75, 3.05) is 20.8 Å². The number of aromatic nitrogens is 3. The van der Waals surface area contributed by atoms with E-state index in [2.05, 4.69) is 10.1 Å². The van der Waals surface area contributed by atoms with Crippen molar-refractivity contribution in [3.8, 4) is 11.5 Å². The highest BCUT2D eigenvalue weighted by molar-refractivity contribution is 7.16. The van der Waals surface area contributed by atoms with Crippen molar-refractivity contribution in [2.24, 2.45) is 0 Å². The zero-order chi connectivity index (χ0) is 19.1. The van der Waals surface area contributed by atoms with Gasteiger partial charge in [-0.15, -0.1) is 0 Å². The Morgan fingerprint density at radius 3 is 2.78 bits per heavy atom. The minimum absolute atomic E-state index is 0.198. The maximum Gasteiger partial charge on any atom is 0.275 e. The van der Waals surface area contributed by atoms with E-state index in [1.807, 2.05) is 17.9 Å². The molecule has 142 valence electrons. The predicted octanol–water partition coefficient (Wildman–Crippen LogP) is 1.53. The van der Waals surface area contributed by atoms with Crippen LogP contribution in [0.15, 0.2) is 23.0 Å². The molecule has 1 N–H and O–H groups in total. The monoisotopic (exact) mass is 388 g/mol. The molecule has 3 heterocycles. The van der Waals surface area contributed by atoms with Crippen LogP contribution >= 0.6 is 11.3 Å². The second-order valence-electron chi connectivity index (χ2n) is 6.45. The molecule has 0 aliphatic carbocycles. The van der Waals surface area contributed by atoms with E-state index in [1.54, 1.807) is 20.3 Å². The Labute approximate surface area is 159 Å². The summed E-state index contributed by atoms with van der Waals surface area (Å²) in [4.78, 5) is 19.4. The highest BCUT2D eigenvalue weighted by Crippen LogP contribution is 2.39. The number of β-amino-alcohol motifs (C(OH)–C–C–N with tert-alkyl or cyclic N) is 1. The van der Waals surface area contributed by atoms with Gasteiger partial charge in [-0.1, -0.05) is 11.3 Å². The molecule has 1 aromatic carbocycles. The molecule has 2 aromatic heterocycles. The number of benzene rings is 1. The lowest BCUT2D eigenvalue weighted by Crippen LogP contribution is -2.34. The summed E-state index contributed by atoms with van der Waals surface area (Å²) in [5, 5.41) is 15.6. The highest BCUT2D eigenvalue weighted by atomic mass is 32.1. The molecule has 1 unspecified atom stereocenters. The second-order valence-corrected chi connectivity index (χ2v) is 7.61. The van der Waals surface area contributed by atoms with Crippen LogP contribution in [-0.4, -0.2) is 45.4 Å². The molecule has 3 aromatic rings. The largest absolute Gasteiger partial charge is 0.496 e. The summed E-state index contributed by atoms with van der Waals surface area (Å²) in [5.41, 5.74) is 2.11. The highest BCUT2D eigenvalue weighted by Gasteiger charge is 2.30. The number of fused-ring (bicyclic) bond motifs is 2. The molecule has 0 radical (unpaired) electrons. The number of hydrogen-bond donors (Lipinski definition) is 1. The van der Waals surface area contributed by atoms with Gasteiger partial charge in [0.2, 0.25) is 4.96 Å². The lowest BCUT2D eigenvalue weighted by Gasteiger charge is -2.33. The third-order valence-electron chi connectivity index (χ3n) is 4.64. The molecule has 0 fully saturated rings. The average Bonchev–Trinajstić information content (AvgIpc) is 3.01. The number of aliphatic hydroxyl groups is 1. The molecule has 0 saturated heterocycles. The van der Waals surface area contributed by atoms with Crippen LogP contribution < -0.4 is 15.0 Å². The maximum absolute atomic E-state index is 12.3. The van der Waals surface area contributed by atoms with Crippen molar-refractivity contribution in [1.82, 2.24) is 19.5 Å². The molecule has 1 aliphatic rings. The summed E-state index contributed by atoms with van der Waals surface area (Å²) in [6, 6.07) is 5.14. The van der Waals surface area contributed by atoms with Gasteiger partial charge in [0.05, 0.1) is 26.0 Å². The fraction of sp³-hybridized carbons (Fsp3) is 0.389. The van der Waals surface area contributed by atoms with Crippen molar-refractivity contribution in [2.45, 2.75) is 26.1 Å². The molecule has 0 spiro atoms. The molecule has 1 atom stereocenters. The lowest BCUT2D eigenvalue weighted by atomic mass is 9.95. The third-order valence-corrected chi connectivity index (χ3v) is 5.47. The fourth-order valence-corrected chi connectivity index (χ4v) is 4.29. The molecular weight excluding hydrogens is 368 g/mol. The topological polar surface area (TPSA) is 89.2 Å². The summed E-state index contributed by atoms with van der Waals surface area (Å²) < 4.78 is 12.2. The standard InChI is InChI=1S/C18H20N4O4S/c1-10-20-22-16(24)6-11(19-18(22)27-10)7-21-8-12-14(25-2)4-5-15(26-3)17(12)13(23)9-21/h4-6,13,23H,7-9H2,1-3H3. The van der Waals surface area contributed by atoms with Crippen LogP contribution in [0.1, 0.15) is 27.9 Å². The molecule has 4 rings (SSSR count). The SMILES string of the molecule is COc1ccc(OC)c2c1CN(Cc1cc(=O)n3nc(C)sc3n1)CC2O. The number of methoxy groups -OCH3 is 2. The van der Waals surface area contributed by atoms with E-state index >= 15 is 0 Å². The minimum Gasteiger partial charge on any atom is -0.496 e. The molecule has 1 aliphatic heterocycles. The number of rotatable bonds is 4. The first kappa shape index (κ1) is 17.9. The lowest BCUT2D eigenvalue weighted by molar-refractivity contribution is 0.0836. The Bertz CT molecular complexity index is 1060.